The molecule has 44 heavy (non-hydrogen) atoms. The maximum Gasteiger partial charge on any atom is 0.246 e. The summed E-state index contributed by atoms with van der Waals surface area (Å²) < 4.78 is 0. The molecule has 3 N–H and O–H groups in total. The van der Waals surface area contributed by atoms with E-state index in [1.165, 1.54) is 0 Å². The highest BCUT2D eigenvalue weighted by molar-refractivity contribution is 5.95. The van der Waals surface area contributed by atoms with E-state index >= 15 is 0 Å². The first kappa shape index (κ1) is 30.9. The molecule has 230 valence electrons. The van der Waals surface area contributed by atoms with Gasteiger partial charge in [0.2, 0.25) is 23.6 Å². The maximum absolute atomic E-state index is 13.8. The van der Waals surface area contributed by atoms with Crippen molar-refractivity contribution in [2.24, 2.45) is 5.92 Å². The number of carbonyl (C=O) groups excluding carboxylic acids is 5. The van der Waals surface area contributed by atoms with Crippen LogP contribution in [0.2, 0.25) is 0 Å². The summed E-state index contributed by atoms with van der Waals surface area (Å²) in [6.45, 7) is 2.53. The molecule has 2 aliphatic heterocycles. The van der Waals surface area contributed by atoms with Gasteiger partial charge in [0.15, 0.2) is 0 Å². The fourth-order valence-corrected chi connectivity index (χ4v) is 6.52. The van der Waals surface area contributed by atoms with Crippen LogP contribution in [0.4, 0.5) is 0 Å². The summed E-state index contributed by atoms with van der Waals surface area (Å²) in [6.07, 6.45) is 4.05. The van der Waals surface area contributed by atoms with Crippen LogP contribution in [-0.2, 0) is 36.8 Å². The van der Waals surface area contributed by atoms with E-state index in [4.69, 9.17) is 0 Å². The smallest absolute Gasteiger partial charge is 0.246 e. The first-order valence-electron chi connectivity index (χ1n) is 15.5. The highest BCUT2D eigenvalue weighted by atomic mass is 16.2. The van der Waals surface area contributed by atoms with Crippen LogP contribution in [-0.4, -0.2) is 65.5 Å². The van der Waals surface area contributed by atoms with Crippen molar-refractivity contribution in [3.05, 3.63) is 83.9 Å². The monoisotopic (exact) mass is 596 g/mol. The number of fused-ring (bicyclic) bond motifs is 1. The fourth-order valence-electron chi connectivity index (χ4n) is 6.52. The molecule has 0 aromatic heterocycles. The second kappa shape index (κ2) is 14.3. The van der Waals surface area contributed by atoms with Gasteiger partial charge in [-0.05, 0) is 60.9 Å². The number of piperidine rings is 1. The number of nitrogens with zero attached hydrogens (tertiary/aromatic N) is 1. The Morgan fingerprint density at radius 1 is 1.02 bits per heavy atom. The summed E-state index contributed by atoms with van der Waals surface area (Å²) in [5.74, 6) is -1.23. The zero-order valence-electron chi connectivity index (χ0n) is 25.0. The predicted octanol–water partition coefficient (Wildman–Crippen LogP) is 3.09. The molecule has 9 nitrogen and oxygen atoms in total. The normalized spacial score (nSPS) is 21.4. The molecular formula is C35H40N4O5. The Balaban J connectivity index is 1.29. The van der Waals surface area contributed by atoms with Crippen LogP contribution >= 0.6 is 0 Å². The van der Waals surface area contributed by atoms with Crippen molar-refractivity contribution in [1.29, 1.82) is 0 Å². The van der Waals surface area contributed by atoms with Gasteiger partial charge in [-0.3, -0.25) is 19.2 Å². The van der Waals surface area contributed by atoms with Gasteiger partial charge in [-0.15, -0.1) is 0 Å². The van der Waals surface area contributed by atoms with Crippen LogP contribution in [0, 0.1) is 5.92 Å². The number of hydrogen-bond donors (Lipinski definition) is 3. The second-order valence-electron chi connectivity index (χ2n) is 11.9. The van der Waals surface area contributed by atoms with Gasteiger partial charge in [-0.1, -0.05) is 72.8 Å². The molecule has 0 radical (unpaired) electrons. The van der Waals surface area contributed by atoms with Crippen LogP contribution in [0.1, 0.15) is 50.2 Å². The van der Waals surface area contributed by atoms with Crippen molar-refractivity contribution in [3.63, 3.8) is 0 Å². The van der Waals surface area contributed by atoms with Crippen molar-refractivity contribution in [1.82, 2.24) is 20.9 Å². The molecule has 0 aliphatic carbocycles. The molecule has 4 amide bonds. The van der Waals surface area contributed by atoms with Crippen molar-refractivity contribution >= 4 is 40.7 Å². The number of aldehydes is 1. The second-order valence-corrected chi connectivity index (χ2v) is 11.9. The first-order valence-corrected chi connectivity index (χ1v) is 15.5. The van der Waals surface area contributed by atoms with Gasteiger partial charge in [0, 0.05) is 24.9 Å². The number of hydrogen-bond acceptors (Lipinski definition) is 5. The van der Waals surface area contributed by atoms with E-state index in [1.54, 1.807) is 4.90 Å². The minimum absolute atomic E-state index is 0.00150. The van der Waals surface area contributed by atoms with Gasteiger partial charge < -0.3 is 25.6 Å². The third kappa shape index (κ3) is 7.33. The Bertz CT molecular complexity index is 1500. The Morgan fingerprint density at radius 3 is 2.55 bits per heavy atom. The molecule has 1 unspecified atom stereocenters. The zero-order valence-corrected chi connectivity index (χ0v) is 25.0. The number of rotatable bonds is 12. The lowest BCUT2D eigenvalue weighted by atomic mass is 9.92. The van der Waals surface area contributed by atoms with Gasteiger partial charge in [-0.25, -0.2) is 0 Å². The van der Waals surface area contributed by atoms with E-state index in [-0.39, 0.29) is 42.5 Å². The molecule has 3 aromatic rings. The van der Waals surface area contributed by atoms with E-state index in [0.29, 0.717) is 25.8 Å². The highest BCUT2D eigenvalue weighted by Gasteiger charge is 2.42. The minimum Gasteiger partial charge on any atom is -0.356 e. The van der Waals surface area contributed by atoms with Crippen molar-refractivity contribution in [3.8, 4) is 0 Å². The summed E-state index contributed by atoms with van der Waals surface area (Å²) in [5.41, 5.74) is 1.74. The summed E-state index contributed by atoms with van der Waals surface area (Å²) in [7, 11) is 0. The molecular weight excluding hydrogens is 556 g/mol. The molecule has 0 saturated carbocycles. The van der Waals surface area contributed by atoms with Gasteiger partial charge in [-0.2, -0.15) is 0 Å². The van der Waals surface area contributed by atoms with Crippen LogP contribution in [0.25, 0.3) is 10.8 Å². The zero-order chi connectivity index (χ0) is 31.1. The molecule has 5 atom stereocenters. The number of likely N-dealkylation sites (tertiary alicyclic amines) is 1. The number of amides is 4. The van der Waals surface area contributed by atoms with Crippen molar-refractivity contribution in [2.75, 3.05) is 6.54 Å². The topological polar surface area (TPSA) is 125 Å². The number of nitrogens with one attached hydrogen (secondary N) is 3. The molecule has 5 rings (SSSR count). The highest BCUT2D eigenvalue weighted by Crippen LogP contribution is 2.26. The quantitative estimate of drug-likeness (QED) is 0.277. The number of benzene rings is 3. The van der Waals surface area contributed by atoms with E-state index < -0.39 is 24.0 Å². The van der Waals surface area contributed by atoms with Crippen molar-refractivity contribution < 1.29 is 24.0 Å². The molecule has 2 heterocycles. The van der Waals surface area contributed by atoms with Gasteiger partial charge in [0.25, 0.3) is 0 Å². The average molecular weight is 597 g/mol. The van der Waals surface area contributed by atoms with Crippen molar-refractivity contribution in [2.45, 2.75) is 76.0 Å². The third-order valence-electron chi connectivity index (χ3n) is 8.81. The summed E-state index contributed by atoms with van der Waals surface area (Å²) in [5, 5.41) is 10.7. The van der Waals surface area contributed by atoms with Gasteiger partial charge in [0.1, 0.15) is 18.4 Å². The largest absolute Gasteiger partial charge is 0.356 e. The van der Waals surface area contributed by atoms with E-state index in [2.05, 4.69) is 16.0 Å². The SMILES string of the molecule is CC1C[C@H](NC(=O)[C@H](Cc2cccc3ccccc23)NC(=O)Cc2ccccc2)C(=O)N1[C@H](C=O)CC[C@@H]1CCCNC1=O. The van der Waals surface area contributed by atoms with Crippen LogP contribution < -0.4 is 16.0 Å². The Kier molecular flexibility index (Phi) is 10.0. The lowest BCUT2D eigenvalue weighted by Gasteiger charge is -2.30. The first-order chi connectivity index (χ1) is 21.3. The Hall–Kier alpha value is -4.53. The summed E-state index contributed by atoms with van der Waals surface area (Å²) in [4.78, 5) is 66.3. The van der Waals surface area contributed by atoms with E-state index in [0.717, 1.165) is 41.0 Å². The summed E-state index contributed by atoms with van der Waals surface area (Å²) in [6, 6.07) is 20.4. The maximum atomic E-state index is 13.8. The lowest BCUT2D eigenvalue weighted by molar-refractivity contribution is -0.138. The molecule has 9 heteroatoms. The van der Waals surface area contributed by atoms with Crippen LogP contribution in [0.3, 0.4) is 0 Å². The molecule has 2 saturated heterocycles. The summed E-state index contributed by atoms with van der Waals surface area (Å²) >= 11 is 0. The van der Waals surface area contributed by atoms with E-state index in [9.17, 15) is 24.0 Å². The molecule has 0 bridgehead atoms. The Labute approximate surface area is 257 Å². The Morgan fingerprint density at radius 2 is 1.77 bits per heavy atom. The average Bonchev–Trinajstić information content (AvgIpc) is 3.30. The molecule has 2 aliphatic rings. The fraction of sp³-hybridized carbons (Fsp3) is 0.400. The molecule has 2 fully saturated rings. The molecule has 0 spiro atoms. The lowest BCUT2D eigenvalue weighted by Crippen LogP contribution is -2.53. The predicted molar refractivity (Wildman–Crippen MR) is 167 cm³/mol. The third-order valence-corrected chi connectivity index (χ3v) is 8.81. The van der Waals surface area contributed by atoms with Crippen LogP contribution in [0.5, 0.6) is 0 Å². The minimum atomic E-state index is -0.916. The number of carbonyl (C=O) groups is 5. The van der Waals surface area contributed by atoms with Crippen LogP contribution in [0.15, 0.2) is 72.8 Å². The standard InChI is InChI=1S/C35H40N4O5/c1-23-19-31(35(44)39(23)28(22-40)17-16-26-14-8-18-36-33(26)42)38-34(43)30(37-32(41)20-24-9-3-2-4-10-24)21-27-13-7-12-25-11-5-6-15-29(25)27/h2-7,9-13,15,22-23,26,28,30-31H,8,14,16-21H2,1H3,(H,36,42)(H,37,41)(H,38,43)/t23?,26-,28-,30-,31-/m0/s1. The molecule has 3 aromatic carbocycles. The van der Waals surface area contributed by atoms with Gasteiger partial charge in [0.05, 0.1) is 12.5 Å². The van der Waals surface area contributed by atoms with Gasteiger partial charge >= 0.3 is 0 Å². The van der Waals surface area contributed by atoms with E-state index in [1.807, 2.05) is 79.7 Å².